The van der Waals surface area contributed by atoms with Crippen molar-refractivity contribution in [3.8, 4) is 0 Å². The minimum Gasteiger partial charge on any atom is -0.388 e. The number of rotatable bonds is 6. The molecule has 0 bridgehead atoms. The minimum atomic E-state index is -3.45. The van der Waals surface area contributed by atoms with Crippen LogP contribution in [-0.4, -0.2) is 31.1 Å². The van der Waals surface area contributed by atoms with Crippen molar-refractivity contribution in [3.63, 3.8) is 0 Å². The maximum Gasteiger partial charge on any atom is 0.243 e. The molecule has 0 saturated heterocycles. The topological polar surface area (TPSA) is 87.2 Å². The predicted molar refractivity (Wildman–Crippen MR) is 69.9 cm³/mol. The van der Waals surface area contributed by atoms with E-state index in [0.29, 0.717) is 4.90 Å². The third kappa shape index (κ3) is 2.88. The highest BCUT2D eigenvalue weighted by atomic mass is 32.2. The second-order valence-corrected chi connectivity index (χ2v) is 6.33. The van der Waals surface area contributed by atoms with Crippen LogP contribution in [0.5, 0.6) is 0 Å². The van der Waals surface area contributed by atoms with Gasteiger partial charge in [-0.1, -0.05) is 18.2 Å². The van der Waals surface area contributed by atoms with Crippen LogP contribution in [0.25, 0.3) is 0 Å². The summed E-state index contributed by atoms with van der Waals surface area (Å²) in [4.78, 5) is 0.306. The molecule has 2 rings (SSSR count). The Morgan fingerprint density at radius 2 is 1.94 bits per heavy atom. The summed E-state index contributed by atoms with van der Waals surface area (Å²) in [7, 11) is -3.45. The van der Waals surface area contributed by atoms with Gasteiger partial charge < -0.3 is 5.73 Å². The molecule has 1 aliphatic rings. The van der Waals surface area contributed by atoms with E-state index in [1.807, 2.05) is 0 Å². The van der Waals surface area contributed by atoms with Gasteiger partial charge in [-0.15, -0.1) is 0 Å². The Hall–Kier alpha value is -1.40. The SMILES string of the molecule is N=C(N)CCN(C1CC1)S(=O)(=O)c1ccccc1. The lowest BCUT2D eigenvalue weighted by molar-refractivity contribution is 0.412. The molecule has 18 heavy (non-hydrogen) atoms. The van der Waals surface area contributed by atoms with Crippen molar-refractivity contribution < 1.29 is 8.42 Å². The highest BCUT2D eigenvalue weighted by Gasteiger charge is 2.37. The summed E-state index contributed by atoms with van der Waals surface area (Å²) in [6.45, 7) is 0.289. The second-order valence-electron chi connectivity index (χ2n) is 4.44. The predicted octanol–water partition coefficient (Wildman–Crippen LogP) is 1.17. The summed E-state index contributed by atoms with van der Waals surface area (Å²) in [5.74, 6) is 0.0175. The minimum absolute atomic E-state index is 0.0175. The number of benzene rings is 1. The van der Waals surface area contributed by atoms with Crippen molar-refractivity contribution in [1.29, 1.82) is 5.41 Å². The molecule has 0 aliphatic heterocycles. The Kier molecular flexibility index (Phi) is 3.68. The molecule has 1 aromatic carbocycles. The first-order valence-corrected chi connectivity index (χ1v) is 7.35. The second kappa shape index (κ2) is 5.07. The molecule has 1 fully saturated rings. The molecule has 1 saturated carbocycles. The van der Waals surface area contributed by atoms with Gasteiger partial charge in [0.25, 0.3) is 0 Å². The highest BCUT2D eigenvalue weighted by Crippen LogP contribution is 2.31. The third-order valence-electron chi connectivity index (χ3n) is 2.91. The fourth-order valence-corrected chi connectivity index (χ4v) is 3.53. The Labute approximate surface area is 107 Å². The van der Waals surface area contributed by atoms with E-state index < -0.39 is 10.0 Å². The van der Waals surface area contributed by atoms with Crippen LogP contribution in [0.3, 0.4) is 0 Å². The van der Waals surface area contributed by atoms with Gasteiger partial charge in [-0.05, 0) is 25.0 Å². The van der Waals surface area contributed by atoms with Crippen LogP contribution < -0.4 is 5.73 Å². The molecule has 0 atom stereocenters. The molecule has 5 nitrogen and oxygen atoms in total. The molecule has 0 amide bonds. The first-order valence-electron chi connectivity index (χ1n) is 5.91. The summed E-state index contributed by atoms with van der Waals surface area (Å²) in [6, 6.07) is 8.48. The number of hydrogen-bond acceptors (Lipinski definition) is 3. The van der Waals surface area contributed by atoms with Gasteiger partial charge >= 0.3 is 0 Å². The number of nitrogens with zero attached hydrogens (tertiary/aromatic N) is 1. The van der Waals surface area contributed by atoms with Crippen molar-refractivity contribution in [3.05, 3.63) is 30.3 Å². The standard InChI is InChI=1S/C12H17N3O2S/c13-12(14)8-9-15(10-6-7-10)18(16,17)11-4-2-1-3-5-11/h1-5,10H,6-9H2,(H3,13,14). The number of nitrogens with one attached hydrogen (secondary N) is 1. The van der Waals surface area contributed by atoms with Gasteiger partial charge in [-0.2, -0.15) is 4.31 Å². The lowest BCUT2D eigenvalue weighted by atomic mass is 10.4. The van der Waals surface area contributed by atoms with Gasteiger partial charge in [0.2, 0.25) is 10.0 Å². The summed E-state index contributed by atoms with van der Waals surface area (Å²) < 4.78 is 26.4. The van der Waals surface area contributed by atoms with Crippen LogP contribution in [0.2, 0.25) is 0 Å². The van der Waals surface area contributed by atoms with Gasteiger partial charge in [0.05, 0.1) is 10.7 Å². The van der Waals surface area contributed by atoms with E-state index in [1.54, 1.807) is 30.3 Å². The zero-order valence-electron chi connectivity index (χ0n) is 10.0. The molecule has 0 spiro atoms. The molecule has 3 N–H and O–H groups in total. The lowest BCUT2D eigenvalue weighted by Gasteiger charge is -2.21. The van der Waals surface area contributed by atoms with E-state index >= 15 is 0 Å². The van der Waals surface area contributed by atoms with Crippen LogP contribution in [0.15, 0.2) is 35.2 Å². The number of sulfonamides is 1. The molecule has 98 valence electrons. The molecule has 1 aliphatic carbocycles. The van der Waals surface area contributed by atoms with Gasteiger partial charge in [0.1, 0.15) is 0 Å². The average molecular weight is 267 g/mol. The molecular formula is C12H17N3O2S. The molecule has 0 heterocycles. The van der Waals surface area contributed by atoms with Gasteiger partial charge in [-0.3, -0.25) is 5.41 Å². The highest BCUT2D eigenvalue weighted by molar-refractivity contribution is 7.89. The molecule has 0 radical (unpaired) electrons. The van der Waals surface area contributed by atoms with Crippen LogP contribution >= 0.6 is 0 Å². The van der Waals surface area contributed by atoms with Gasteiger partial charge in [0.15, 0.2) is 0 Å². The van der Waals surface area contributed by atoms with E-state index in [0.717, 1.165) is 12.8 Å². The Morgan fingerprint density at radius 1 is 1.33 bits per heavy atom. The first kappa shape index (κ1) is 13.0. The van der Waals surface area contributed by atoms with E-state index in [9.17, 15) is 8.42 Å². The summed E-state index contributed by atoms with van der Waals surface area (Å²) in [6.07, 6.45) is 2.07. The summed E-state index contributed by atoms with van der Waals surface area (Å²) in [5.41, 5.74) is 5.31. The van der Waals surface area contributed by atoms with Crippen molar-refractivity contribution >= 4 is 15.9 Å². The van der Waals surface area contributed by atoms with Crippen LogP contribution in [0.1, 0.15) is 19.3 Å². The normalized spacial score (nSPS) is 15.8. The summed E-state index contributed by atoms with van der Waals surface area (Å²) in [5, 5.41) is 7.21. The smallest absolute Gasteiger partial charge is 0.243 e. The molecule has 1 aromatic rings. The Morgan fingerprint density at radius 3 is 2.44 bits per heavy atom. The Balaban J connectivity index is 2.22. The van der Waals surface area contributed by atoms with Crippen molar-refractivity contribution in [1.82, 2.24) is 4.31 Å². The van der Waals surface area contributed by atoms with Gasteiger partial charge in [-0.25, -0.2) is 8.42 Å². The third-order valence-corrected chi connectivity index (χ3v) is 4.87. The molecular weight excluding hydrogens is 250 g/mol. The van der Waals surface area contributed by atoms with Crippen LogP contribution in [0, 0.1) is 5.41 Å². The van der Waals surface area contributed by atoms with Gasteiger partial charge in [0, 0.05) is 19.0 Å². The number of nitrogens with two attached hydrogens (primary N) is 1. The largest absolute Gasteiger partial charge is 0.388 e. The van der Waals surface area contributed by atoms with E-state index in [4.69, 9.17) is 11.1 Å². The fourth-order valence-electron chi connectivity index (χ4n) is 1.82. The zero-order valence-corrected chi connectivity index (χ0v) is 10.9. The van der Waals surface area contributed by atoms with Crippen molar-refractivity contribution in [2.75, 3.05) is 6.54 Å². The monoisotopic (exact) mass is 267 g/mol. The van der Waals surface area contributed by atoms with E-state index in [2.05, 4.69) is 0 Å². The number of amidine groups is 1. The quantitative estimate of drug-likeness (QED) is 0.599. The summed E-state index contributed by atoms with van der Waals surface area (Å²) >= 11 is 0. The van der Waals surface area contributed by atoms with E-state index in [-0.39, 0.29) is 24.8 Å². The molecule has 6 heteroatoms. The lowest BCUT2D eigenvalue weighted by Crippen LogP contribution is -2.35. The Bertz CT molecular complexity index is 524. The maximum absolute atomic E-state index is 12.4. The molecule has 0 aromatic heterocycles. The average Bonchev–Trinajstić information content (AvgIpc) is 3.14. The first-order chi connectivity index (χ1) is 8.51. The van der Waals surface area contributed by atoms with Crippen molar-refractivity contribution in [2.45, 2.75) is 30.2 Å². The number of hydrogen-bond donors (Lipinski definition) is 2. The molecule has 0 unspecified atom stereocenters. The van der Waals surface area contributed by atoms with Crippen LogP contribution in [-0.2, 0) is 10.0 Å². The van der Waals surface area contributed by atoms with Crippen molar-refractivity contribution in [2.24, 2.45) is 5.73 Å². The fraction of sp³-hybridized carbons (Fsp3) is 0.417. The van der Waals surface area contributed by atoms with Crippen LogP contribution in [0.4, 0.5) is 0 Å². The van der Waals surface area contributed by atoms with E-state index in [1.165, 1.54) is 4.31 Å². The zero-order chi connectivity index (χ0) is 13.2. The maximum atomic E-state index is 12.4.